The fourth-order valence-electron chi connectivity index (χ4n) is 4.00. The van der Waals surface area contributed by atoms with Crippen LogP contribution in [0.1, 0.15) is 37.0 Å². The van der Waals surface area contributed by atoms with Crippen LogP contribution in [0.25, 0.3) is 0 Å². The zero-order chi connectivity index (χ0) is 16.9. The minimum Gasteiger partial charge on any atom is -1.00 e. The third kappa shape index (κ3) is 2.82. The molecule has 0 aliphatic heterocycles. The largest absolute Gasteiger partial charge is 1.00 e. The van der Waals surface area contributed by atoms with E-state index in [-0.39, 0.29) is 2.85 Å². The number of rotatable bonds is 1. The van der Waals surface area contributed by atoms with Gasteiger partial charge in [-0.25, -0.2) is 0 Å². The van der Waals surface area contributed by atoms with Gasteiger partial charge in [0.25, 0.3) is 0 Å². The molecule has 0 aromatic carbocycles. The van der Waals surface area contributed by atoms with E-state index < -0.39 is 8.41 Å². The summed E-state index contributed by atoms with van der Waals surface area (Å²) in [5.74, 6) is 0.558. The van der Waals surface area contributed by atoms with Crippen LogP contribution in [0.2, 0.25) is 13.1 Å². The molecule has 0 heterocycles. The van der Waals surface area contributed by atoms with Crippen molar-refractivity contribution in [2.45, 2.75) is 47.2 Å². The summed E-state index contributed by atoms with van der Waals surface area (Å²) in [7, 11) is -0.421. The maximum Gasteiger partial charge on any atom is -1.00 e. The molecule has 0 saturated carbocycles. The topological polar surface area (TPSA) is 0 Å². The van der Waals surface area contributed by atoms with Crippen molar-refractivity contribution >= 4 is 13.6 Å². The number of allylic oxidation sites excluding steroid dienone is 12. The van der Waals surface area contributed by atoms with E-state index in [1.165, 1.54) is 16.7 Å². The summed E-state index contributed by atoms with van der Waals surface area (Å²) in [6, 6.07) is 0. The Morgan fingerprint density at radius 1 is 1.22 bits per heavy atom. The van der Waals surface area contributed by atoms with Gasteiger partial charge in [-0.2, -0.15) is 0 Å². The van der Waals surface area contributed by atoms with Gasteiger partial charge in [0.05, 0.1) is 0 Å². The molecular formula is C21H27HfSi. The molecule has 23 heavy (non-hydrogen) atoms. The van der Waals surface area contributed by atoms with Crippen molar-refractivity contribution in [1.29, 1.82) is 0 Å². The molecular weight excluding hydrogens is 459 g/mol. The second-order valence-corrected chi connectivity index (χ2v) is 11.6. The zero-order valence-corrected chi connectivity index (χ0v) is 19.7. The van der Waals surface area contributed by atoms with Crippen LogP contribution < -0.4 is 0 Å². The van der Waals surface area contributed by atoms with Crippen LogP contribution in [0, 0.1) is 5.92 Å². The van der Waals surface area contributed by atoms with Gasteiger partial charge in [0.15, 0.2) is 0 Å². The Hall–Kier alpha value is -0.603. The predicted molar refractivity (Wildman–Crippen MR) is 102 cm³/mol. The summed E-state index contributed by atoms with van der Waals surface area (Å²) >= 11 is 1.13. The van der Waals surface area contributed by atoms with Gasteiger partial charge in [-0.3, -0.25) is 0 Å². The Kier molecular flexibility index (Phi) is 4.77. The second-order valence-electron chi connectivity index (χ2n) is 7.21. The molecule has 3 rings (SSSR count). The number of fused-ring (bicyclic) bond motifs is 1. The van der Waals surface area contributed by atoms with Crippen LogP contribution in [0.15, 0.2) is 66.6 Å². The van der Waals surface area contributed by atoms with Gasteiger partial charge in [0.2, 0.25) is 0 Å². The van der Waals surface area contributed by atoms with Gasteiger partial charge in [-0.15, -0.1) is 0 Å². The molecule has 2 heteroatoms. The van der Waals surface area contributed by atoms with Crippen molar-refractivity contribution in [1.82, 2.24) is 0 Å². The predicted octanol–water partition coefficient (Wildman–Crippen LogP) is 5.65. The van der Waals surface area contributed by atoms with Gasteiger partial charge in [0, 0.05) is 0 Å². The molecule has 0 bridgehead atoms. The molecule has 0 aromatic heterocycles. The summed E-state index contributed by atoms with van der Waals surface area (Å²) in [5, 5.41) is 1.66. The summed E-state index contributed by atoms with van der Waals surface area (Å²) in [6.45, 7) is 14.2. The summed E-state index contributed by atoms with van der Waals surface area (Å²) in [4.78, 5) is 0. The van der Waals surface area contributed by atoms with Crippen molar-refractivity contribution in [3.63, 3.8) is 0 Å². The van der Waals surface area contributed by atoms with Crippen molar-refractivity contribution in [2.24, 2.45) is 5.92 Å². The average molecular weight is 486 g/mol. The first-order valence-electron chi connectivity index (χ1n) is 8.43. The molecule has 0 amide bonds. The van der Waals surface area contributed by atoms with Gasteiger partial charge in [-0.1, -0.05) is 0 Å². The Morgan fingerprint density at radius 3 is 2.48 bits per heavy atom. The first-order chi connectivity index (χ1) is 10.8. The van der Waals surface area contributed by atoms with Crippen molar-refractivity contribution < 1.29 is 27.2 Å². The molecule has 0 nitrogen and oxygen atoms in total. The van der Waals surface area contributed by atoms with Crippen LogP contribution in [0.3, 0.4) is 0 Å². The van der Waals surface area contributed by atoms with Crippen molar-refractivity contribution in [3.05, 3.63) is 66.6 Å². The monoisotopic (exact) mass is 487 g/mol. The van der Waals surface area contributed by atoms with Crippen LogP contribution in [-0.4, -0.2) is 13.6 Å². The van der Waals surface area contributed by atoms with E-state index in [9.17, 15) is 0 Å². The van der Waals surface area contributed by atoms with E-state index in [1.54, 1.807) is 30.8 Å². The molecule has 0 aromatic rings. The van der Waals surface area contributed by atoms with E-state index in [0.29, 0.717) is 5.92 Å². The Morgan fingerprint density at radius 2 is 1.91 bits per heavy atom. The summed E-state index contributed by atoms with van der Waals surface area (Å²) < 4.78 is 1.61. The van der Waals surface area contributed by atoms with E-state index in [0.717, 1.165) is 30.8 Å². The quantitative estimate of drug-likeness (QED) is 0.421. The zero-order valence-electron chi connectivity index (χ0n) is 17.1. The third-order valence-electron chi connectivity index (χ3n) is 5.44. The number of hydrogen-bond acceptors (Lipinski definition) is 0. The Bertz CT molecular complexity index is 813. The van der Waals surface area contributed by atoms with Crippen LogP contribution in [0.5, 0.6) is 0 Å². The molecule has 0 spiro atoms. The molecule has 3 aliphatic carbocycles. The van der Waals surface area contributed by atoms with Crippen LogP contribution in [-0.2, 0) is 24.4 Å². The first kappa shape index (κ1) is 17.2. The fraction of sp³-hybridized carbons (Fsp3) is 0.381. The second kappa shape index (κ2) is 6.37. The first-order valence-corrected chi connectivity index (χ1v) is 12.7. The molecule has 0 fully saturated rings. The van der Waals surface area contributed by atoms with Gasteiger partial charge in [-0.05, 0) is 0 Å². The molecule has 119 valence electrons. The van der Waals surface area contributed by atoms with Gasteiger partial charge < -0.3 is 2.85 Å². The van der Waals surface area contributed by atoms with E-state index in [1.807, 2.05) is 0 Å². The molecule has 0 N–H and O–H groups in total. The van der Waals surface area contributed by atoms with Crippen LogP contribution >= 0.6 is 0 Å². The van der Waals surface area contributed by atoms with E-state index in [2.05, 4.69) is 65.1 Å². The molecule has 1 atom stereocenters. The summed E-state index contributed by atoms with van der Waals surface area (Å²) in [5.41, 5.74) is 10.8. The molecule has 0 radical (unpaired) electrons. The smallest absolute Gasteiger partial charge is 1.00 e. The maximum atomic E-state index is 2.44. The molecule has 0 saturated heterocycles. The SMILES string of the molecule is CC1=C(C)CC(C2=C3C(=CC=CC(=[Si](C)C)C3C)[C]([Hf+2])=C2C)=C1.[H-].[H-]. The Balaban J connectivity index is 0.00000156. The summed E-state index contributed by atoms with van der Waals surface area (Å²) in [6.07, 6.45) is 10.7. The minimum absolute atomic E-state index is 0. The fourth-order valence-corrected chi connectivity index (χ4v) is 6.68. The van der Waals surface area contributed by atoms with Gasteiger partial charge >= 0.3 is 158 Å². The van der Waals surface area contributed by atoms with Crippen molar-refractivity contribution in [2.75, 3.05) is 0 Å². The van der Waals surface area contributed by atoms with Crippen LogP contribution in [0.4, 0.5) is 0 Å². The minimum atomic E-state index is -0.421. The maximum absolute atomic E-state index is 2.44. The van der Waals surface area contributed by atoms with Crippen molar-refractivity contribution in [3.8, 4) is 0 Å². The molecule has 3 aliphatic rings. The average Bonchev–Trinajstić information content (AvgIpc) is 2.86. The third-order valence-corrected chi connectivity index (χ3v) is 9.50. The van der Waals surface area contributed by atoms with E-state index >= 15 is 0 Å². The number of hydrogen-bond donors (Lipinski definition) is 0. The molecule has 1 unspecified atom stereocenters. The van der Waals surface area contributed by atoms with E-state index in [4.69, 9.17) is 0 Å². The van der Waals surface area contributed by atoms with Gasteiger partial charge in [0.1, 0.15) is 0 Å². The Labute approximate surface area is 160 Å². The standard InChI is InChI=1S/C21H25Si.Hf.2H/c1-13-10-18(11-14(13)2)20-15(3)12-17-8-7-9-19(22(5)6)16(4)21(17)20;;;/h7-10,16H,11H2,1-6H3;;;/q;+2;2*-1. The normalized spacial score (nSPS) is 24.3.